The number of hydrogen-bond donors (Lipinski definition) is 4. The maximum Gasteiger partial charge on any atom is 0.243 e. The number of carbonyl (C=O) groups is 2. The van der Waals surface area contributed by atoms with Crippen LogP contribution in [0.25, 0.3) is 0 Å². The molecule has 0 radical (unpaired) electrons. The minimum atomic E-state index is -0.738. The van der Waals surface area contributed by atoms with Gasteiger partial charge in [-0.05, 0) is 36.5 Å². The number of amides is 2. The summed E-state index contributed by atoms with van der Waals surface area (Å²) in [7, 11) is 0. The van der Waals surface area contributed by atoms with Gasteiger partial charge in [0.05, 0.1) is 12.0 Å². The smallest absolute Gasteiger partial charge is 0.243 e. The lowest BCUT2D eigenvalue weighted by Gasteiger charge is -2.24. The Hall–Kier alpha value is -3.84. The summed E-state index contributed by atoms with van der Waals surface area (Å²) in [5.74, 6) is -1.03. The number of aliphatic imine (C=N–C) groups is 1. The van der Waals surface area contributed by atoms with Gasteiger partial charge < -0.3 is 22.1 Å². The number of carbonyl (C=O) groups excluding carboxylic acids is 2. The fourth-order valence-electron chi connectivity index (χ4n) is 3.95. The molecule has 0 aromatic heterocycles. The van der Waals surface area contributed by atoms with E-state index in [0.717, 1.165) is 16.7 Å². The predicted molar refractivity (Wildman–Crippen MR) is 147 cm³/mol. The summed E-state index contributed by atoms with van der Waals surface area (Å²) in [5, 5.41) is 6.03. The molecule has 0 heterocycles. The molecule has 0 aliphatic heterocycles. The second-order valence-corrected chi connectivity index (χ2v) is 8.41. The van der Waals surface area contributed by atoms with E-state index in [-0.39, 0.29) is 36.2 Å². The molecule has 7 nitrogen and oxygen atoms in total. The number of nitrogens with two attached hydrogens (primary N) is 2. The van der Waals surface area contributed by atoms with Crippen molar-refractivity contribution in [3.8, 4) is 0 Å². The zero-order valence-electron chi connectivity index (χ0n) is 20.3. The number of hydrogen-bond acceptors (Lipinski definition) is 3. The van der Waals surface area contributed by atoms with Crippen LogP contribution in [-0.2, 0) is 9.59 Å². The van der Waals surface area contributed by atoms with Crippen molar-refractivity contribution in [3.05, 3.63) is 108 Å². The summed E-state index contributed by atoms with van der Waals surface area (Å²) in [6, 6.07) is 27.9. The first-order chi connectivity index (χ1) is 17.0. The zero-order chi connectivity index (χ0) is 25.0. The summed E-state index contributed by atoms with van der Waals surface area (Å²) in [4.78, 5) is 30.9. The van der Waals surface area contributed by atoms with Gasteiger partial charge in [0.1, 0.15) is 6.04 Å². The number of nitrogens with one attached hydrogen (secondary N) is 2. The standard InChI is InChI=1S/C28H33N5O2.ClH/c1-20(21-12-5-2-6-13-21)32-26(34)24(18-11-19-31-28(29)30)33-27(35)25(22-14-7-3-8-15-22)23-16-9-4-10-17-23;/h2-10,12-17,20,24-25H,11,18-19H2,1H3,(H,32,34)(H,33,35)(H4,29,30,31);1H/t20-,24-;/m1./s1. The molecule has 8 heteroatoms. The lowest BCUT2D eigenvalue weighted by Crippen LogP contribution is -2.48. The van der Waals surface area contributed by atoms with E-state index in [1.54, 1.807) is 0 Å². The molecular formula is C28H34ClN5O2. The molecule has 0 aliphatic carbocycles. The SMILES string of the molecule is C[C@@H](NC(=O)[C@@H](CCCN=C(N)N)NC(=O)C(c1ccccc1)c1ccccc1)c1ccccc1.Cl. The van der Waals surface area contributed by atoms with Gasteiger partial charge in [0.25, 0.3) is 0 Å². The number of rotatable bonds is 11. The van der Waals surface area contributed by atoms with Gasteiger partial charge in [-0.2, -0.15) is 0 Å². The van der Waals surface area contributed by atoms with Crippen LogP contribution in [0.4, 0.5) is 0 Å². The van der Waals surface area contributed by atoms with E-state index >= 15 is 0 Å². The van der Waals surface area contributed by atoms with Gasteiger partial charge in [0.15, 0.2) is 5.96 Å². The lowest BCUT2D eigenvalue weighted by atomic mass is 9.90. The van der Waals surface area contributed by atoms with Crippen molar-refractivity contribution in [1.29, 1.82) is 0 Å². The summed E-state index contributed by atoms with van der Waals surface area (Å²) in [5.41, 5.74) is 13.5. The van der Waals surface area contributed by atoms with E-state index in [4.69, 9.17) is 11.5 Å². The Labute approximate surface area is 218 Å². The molecule has 6 N–H and O–H groups in total. The van der Waals surface area contributed by atoms with Gasteiger partial charge in [0.2, 0.25) is 11.8 Å². The molecule has 2 amide bonds. The molecule has 0 fully saturated rings. The van der Waals surface area contributed by atoms with Crippen molar-refractivity contribution in [1.82, 2.24) is 10.6 Å². The quantitative estimate of drug-likeness (QED) is 0.180. The number of nitrogens with zero attached hydrogens (tertiary/aromatic N) is 1. The fourth-order valence-corrected chi connectivity index (χ4v) is 3.95. The first kappa shape index (κ1) is 28.4. The lowest BCUT2D eigenvalue weighted by molar-refractivity contribution is -0.129. The van der Waals surface area contributed by atoms with Crippen LogP contribution < -0.4 is 22.1 Å². The normalized spacial score (nSPS) is 12.1. The highest BCUT2D eigenvalue weighted by Gasteiger charge is 2.28. The van der Waals surface area contributed by atoms with Gasteiger partial charge >= 0.3 is 0 Å². The highest BCUT2D eigenvalue weighted by Crippen LogP contribution is 2.25. The van der Waals surface area contributed by atoms with Crippen molar-refractivity contribution < 1.29 is 9.59 Å². The van der Waals surface area contributed by atoms with E-state index in [1.165, 1.54) is 0 Å². The Bertz CT molecular complexity index is 1070. The highest BCUT2D eigenvalue weighted by atomic mass is 35.5. The average Bonchev–Trinajstić information content (AvgIpc) is 2.87. The monoisotopic (exact) mass is 507 g/mol. The van der Waals surface area contributed by atoms with E-state index < -0.39 is 12.0 Å². The maximum atomic E-state index is 13.6. The third kappa shape index (κ3) is 8.43. The van der Waals surface area contributed by atoms with Gasteiger partial charge in [-0.15, -0.1) is 12.4 Å². The van der Waals surface area contributed by atoms with Crippen molar-refractivity contribution in [2.75, 3.05) is 6.54 Å². The third-order valence-electron chi connectivity index (χ3n) is 5.76. The first-order valence-corrected chi connectivity index (χ1v) is 11.8. The molecule has 190 valence electrons. The number of benzene rings is 3. The van der Waals surface area contributed by atoms with Crippen LogP contribution in [0.15, 0.2) is 96.0 Å². The molecular weight excluding hydrogens is 474 g/mol. The third-order valence-corrected chi connectivity index (χ3v) is 5.76. The second-order valence-electron chi connectivity index (χ2n) is 8.41. The van der Waals surface area contributed by atoms with Crippen LogP contribution in [0, 0.1) is 0 Å². The van der Waals surface area contributed by atoms with Gasteiger partial charge in [0, 0.05) is 6.54 Å². The fraction of sp³-hybridized carbons (Fsp3) is 0.250. The van der Waals surface area contributed by atoms with Crippen molar-refractivity contribution in [2.24, 2.45) is 16.5 Å². The summed E-state index contributed by atoms with van der Waals surface area (Å²) in [6.45, 7) is 2.29. The molecule has 0 bridgehead atoms. The molecule has 0 unspecified atom stereocenters. The maximum absolute atomic E-state index is 13.6. The molecule has 0 saturated carbocycles. The van der Waals surface area contributed by atoms with Gasteiger partial charge in [-0.1, -0.05) is 91.0 Å². The Morgan fingerprint density at radius 1 is 0.750 bits per heavy atom. The average molecular weight is 508 g/mol. The summed E-state index contributed by atoms with van der Waals surface area (Å²) >= 11 is 0. The molecule has 2 atom stereocenters. The largest absolute Gasteiger partial charge is 0.370 e. The molecule has 3 aromatic carbocycles. The number of halogens is 1. The Kier molecular flexibility index (Phi) is 11.5. The Morgan fingerprint density at radius 2 is 1.22 bits per heavy atom. The van der Waals surface area contributed by atoms with E-state index in [2.05, 4.69) is 15.6 Å². The van der Waals surface area contributed by atoms with Crippen LogP contribution in [0.3, 0.4) is 0 Å². The van der Waals surface area contributed by atoms with Crippen LogP contribution >= 0.6 is 12.4 Å². The Balaban J connectivity index is 0.00000456. The van der Waals surface area contributed by atoms with Crippen LogP contribution in [0.1, 0.15) is 48.4 Å². The molecule has 0 aliphatic rings. The van der Waals surface area contributed by atoms with Gasteiger partial charge in [-0.3, -0.25) is 14.6 Å². The number of guanidine groups is 1. The highest BCUT2D eigenvalue weighted by molar-refractivity contribution is 5.92. The minimum Gasteiger partial charge on any atom is -0.370 e. The molecule has 36 heavy (non-hydrogen) atoms. The second kappa shape index (κ2) is 14.5. The Morgan fingerprint density at radius 3 is 1.69 bits per heavy atom. The zero-order valence-corrected chi connectivity index (χ0v) is 21.2. The van der Waals surface area contributed by atoms with Gasteiger partial charge in [-0.25, -0.2) is 0 Å². The van der Waals surface area contributed by atoms with Crippen LogP contribution in [0.2, 0.25) is 0 Å². The molecule has 0 saturated heterocycles. The predicted octanol–water partition coefficient (Wildman–Crippen LogP) is 3.66. The topological polar surface area (TPSA) is 123 Å². The summed E-state index contributed by atoms with van der Waals surface area (Å²) < 4.78 is 0. The van der Waals surface area contributed by atoms with Crippen molar-refractivity contribution in [3.63, 3.8) is 0 Å². The van der Waals surface area contributed by atoms with Crippen LogP contribution in [-0.4, -0.2) is 30.4 Å². The van der Waals surface area contributed by atoms with E-state index in [0.29, 0.717) is 19.4 Å². The molecule has 0 spiro atoms. The van der Waals surface area contributed by atoms with Crippen molar-refractivity contribution >= 4 is 30.2 Å². The van der Waals surface area contributed by atoms with Crippen molar-refractivity contribution in [2.45, 2.75) is 37.8 Å². The van der Waals surface area contributed by atoms with E-state index in [9.17, 15) is 9.59 Å². The van der Waals surface area contributed by atoms with E-state index in [1.807, 2.05) is 97.9 Å². The molecule has 3 aromatic rings. The minimum absolute atomic E-state index is 0. The first-order valence-electron chi connectivity index (χ1n) is 11.8. The molecule has 3 rings (SSSR count). The summed E-state index contributed by atoms with van der Waals surface area (Å²) in [6.07, 6.45) is 0.934. The van der Waals surface area contributed by atoms with Crippen LogP contribution in [0.5, 0.6) is 0 Å².